The Bertz CT molecular complexity index is 870. The van der Waals surface area contributed by atoms with Gasteiger partial charge in [0.15, 0.2) is 0 Å². The molecule has 3 rings (SSSR count). The lowest BCUT2D eigenvalue weighted by atomic mass is 9.95. The summed E-state index contributed by atoms with van der Waals surface area (Å²) in [6.07, 6.45) is 0.531. The van der Waals surface area contributed by atoms with E-state index in [9.17, 15) is 14.7 Å². The Balaban J connectivity index is 1.79. The van der Waals surface area contributed by atoms with Crippen molar-refractivity contribution in [2.45, 2.75) is 25.5 Å². The molecule has 0 fully saturated rings. The van der Waals surface area contributed by atoms with E-state index in [-0.39, 0.29) is 37.3 Å². The monoisotopic (exact) mass is 403 g/mol. The van der Waals surface area contributed by atoms with E-state index in [2.05, 4.69) is 0 Å². The summed E-state index contributed by atoms with van der Waals surface area (Å²) in [6.45, 7) is 0.353. The van der Waals surface area contributed by atoms with E-state index in [4.69, 9.17) is 21.1 Å². The highest BCUT2D eigenvalue weighted by Crippen LogP contribution is 2.30. The molecule has 1 N–H and O–H groups in total. The standard InChI is InChI=1S/C21H22ClNO5/c1-27-21(26)13-23(12-15-10-16(22)6-7-18(15)24)20(25)11-19-17-5-3-2-4-14(17)8-9-28-19/h2-7,10,19,24H,8-9,11-13H2,1H3/t19-/m1/s1. The molecule has 148 valence electrons. The summed E-state index contributed by atoms with van der Waals surface area (Å²) >= 11 is 6.00. The maximum Gasteiger partial charge on any atom is 0.325 e. The van der Waals surface area contributed by atoms with Gasteiger partial charge in [-0.25, -0.2) is 0 Å². The Morgan fingerprint density at radius 2 is 2.07 bits per heavy atom. The fourth-order valence-corrected chi connectivity index (χ4v) is 3.47. The average molecular weight is 404 g/mol. The number of esters is 1. The predicted molar refractivity (Wildman–Crippen MR) is 104 cm³/mol. The zero-order valence-electron chi connectivity index (χ0n) is 15.6. The molecule has 0 saturated carbocycles. The van der Waals surface area contributed by atoms with Crippen LogP contribution in [-0.2, 0) is 32.0 Å². The third-order valence-corrected chi connectivity index (χ3v) is 4.99. The summed E-state index contributed by atoms with van der Waals surface area (Å²) in [5, 5.41) is 10.5. The van der Waals surface area contributed by atoms with Crippen molar-refractivity contribution in [3.05, 3.63) is 64.2 Å². The molecule has 0 unspecified atom stereocenters. The van der Waals surface area contributed by atoms with Crippen LogP contribution < -0.4 is 0 Å². The fourth-order valence-electron chi connectivity index (χ4n) is 3.27. The molecule has 0 saturated heterocycles. The molecule has 0 spiro atoms. The maximum absolute atomic E-state index is 13.0. The van der Waals surface area contributed by atoms with Crippen LogP contribution in [0.2, 0.25) is 5.02 Å². The molecule has 6 nitrogen and oxygen atoms in total. The molecule has 0 aromatic heterocycles. The Morgan fingerprint density at radius 3 is 2.86 bits per heavy atom. The first kappa shape index (κ1) is 20.2. The lowest BCUT2D eigenvalue weighted by Crippen LogP contribution is -2.37. The molecule has 1 atom stereocenters. The van der Waals surface area contributed by atoms with Crippen molar-refractivity contribution >= 4 is 23.5 Å². The number of methoxy groups -OCH3 is 1. The number of nitrogens with zero attached hydrogens (tertiary/aromatic N) is 1. The number of benzene rings is 2. The minimum atomic E-state index is -0.542. The molecular weight excluding hydrogens is 382 g/mol. The fraction of sp³-hybridized carbons (Fsp3) is 0.333. The molecule has 7 heteroatoms. The number of aromatic hydroxyl groups is 1. The van der Waals surface area contributed by atoms with Gasteiger partial charge in [0.1, 0.15) is 12.3 Å². The van der Waals surface area contributed by atoms with Gasteiger partial charge >= 0.3 is 5.97 Å². The van der Waals surface area contributed by atoms with Gasteiger partial charge in [-0.2, -0.15) is 0 Å². The van der Waals surface area contributed by atoms with Gasteiger partial charge in [0, 0.05) is 17.1 Å². The van der Waals surface area contributed by atoms with Gasteiger partial charge in [-0.05, 0) is 35.7 Å². The maximum atomic E-state index is 13.0. The Morgan fingerprint density at radius 1 is 1.29 bits per heavy atom. The van der Waals surface area contributed by atoms with Gasteiger partial charge in [-0.1, -0.05) is 35.9 Å². The number of phenolic OH excluding ortho intramolecular Hbond substituents is 1. The molecular formula is C21H22ClNO5. The van der Waals surface area contributed by atoms with Crippen LogP contribution in [0.3, 0.4) is 0 Å². The number of fused-ring (bicyclic) bond motifs is 1. The lowest BCUT2D eigenvalue weighted by Gasteiger charge is -2.28. The van der Waals surface area contributed by atoms with Crippen molar-refractivity contribution < 1.29 is 24.2 Å². The van der Waals surface area contributed by atoms with Crippen molar-refractivity contribution in [2.24, 2.45) is 0 Å². The van der Waals surface area contributed by atoms with E-state index >= 15 is 0 Å². The largest absolute Gasteiger partial charge is 0.508 e. The summed E-state index contributed by atoms with van der Waals surface area (Å²) < 4.78 is 10.5. The van der Waals surface area contributed by atoms with Crippen molar-refractivity contribution in [1.29, 1.82) is 0 Å². The predicted octanol–water partition coefficient (Wildman–Crippen LogP) is 3.25. The van der Waals surface area contributed by atoms with Crippen molar-refractivity contribution in [2.75, 3.05) is 20.3 Å². The van der Waals surface area contributed by atoms with Crippen LogP contribution in [0.15, 0.2) is 42.5 Å². The van der Waals surface area contributed by atoms with Crippen LogP contribution >= 0.6 is 11.6 Å². The Kier molecular flexibility index (Phi) is 6.54. The number of halogens is 1. The van der Waals surface area contributed by atoms with Gasteiger partial charge in [-0.15, -0.1) is 0 Å². The Hall–Kier alpha value is -2.57. The molecule has 0 aliphatic carbocycles. The molecule has 1 aliphatic rings. The second kappa shape index (κ2) is 9.08. The topological polar surface area (TPSA) is 76.1 Å². The second-order valence-corrected chi connectivity index (χ2v) is 7.05. The quantitative estimate of drug-likeness (QED) is 0.749. The molecule has 1 aliphatic heterocycles. The van der Waals surface area contributed by atoms with Crippen molar-refractivity contribution in [1.82, 2.24) is 4.90 Å². The summed E-state index contributed by atoms with van der Waals surface area (Å²) in [7, 11) is 1.27. The van der Waals surface area contributed by atoms with Crippen LogP contribution in [0, 0.1) is 0 Å². The molecule has 2 aromatic carbocycles. The van der Waals surface area contributed by atoms with Gasteiger partial charge in [0.25, 0.3) is 0 Å². The average Bonchev–Trinajstić information content (AvgIpc) is 2.70. The molecule has 0 radical (unpaired) electrons. The minimum absolute atomic E-state index is 0.00586. The van der Waals surface area contributed by atoms with E-state index in [1.807, 2.05) is 24.3 Å². The van der Waals surface area contributed by atoms with E-state index in [0.717, 1.165) is 12.0 Å². The first-order valence-electron chi connectivity index (χ1n) is 8.99. The van der Waals surface area contributed by atoms with E-state index < -0.39 is 5.97 Å². The zero-order valence-corrected chi connectivity index (χ0v) is 16.3. The van der Waals surface area contributed by atoms with Crippen LogP contribution in [0.5, 0.6) is 5.75 Å². The molecule has 1 heterocycles. The van der Waals surface area contributed by atoms with Crippen LogP contribution in [0.4, 0.5) is 0 Å². The zero-order chi connectivity index (χ0) is 20.1. The highest BCUT2D eigenvalue weighted by Gasteiger charge is 2.27. The number of carbonyl (C=O) groups excluding carboxylic acids is 2. The van der Waals surface area contributed by atoms with Gasteiger partial charge in [0.2, 0.25) is 5.91 Å². The molecule has 28 heavy (non-hydrogen) atoms. The number of hydrogen-bond donors (Lipinski definition) is 1. The van der Waals surface area contributed by atoms with Gasteiger partial charge < -0.3 is 19.5 Å². The van der Waals surface area contributed by atoms with Gasteiger partial charge in [-0.3, -0.25) is 9.59 Å². The third-order valence-electron chi connectivity index (χ3n) is 4.76. The van der Waals surface area contributed by atoms with Gasteiger partial charge in [0.05, 0.1) is 26.2 Å². The SMILES string of the molecule is COC(=O)CN(Cc1cc(Cl)ccc1O)C(=O)C[C@H]1OCCc2ccccc21. The highest BCUT2D eigenvalue weighted by atomic mass is 35.5. The molecule has 2 aromatic rings. The summed E-state index contributed by atoms with van der Waals surface area (Å²) in [5.41, 5.74) is 2.61. The summed E-state index contributed by atoms with van der Waals surface area (Å²) in [5.74, 6) is -0.808. The second-order valence-electron chi connectivity index (χ2n) is 6.61. The normalized spacial score (nSPS) is 15.6. The molecule has 1 amide bonds. The summed E-state index contributed by atoms with van der Waals surface area (Å²) in [4.78, 5) is 26.2. The van der Waals surface area contributed by atoms with E-state index in [1.54, 1.807) is 12.1 Å². The first-order chi connectivity index (χ1) is 13.5. The smallest absolute Gasteiger partial charge is 0.325 e. The number of hydrogen-bond acceptors (Lipinski definition) is 5. The summed E-state index contributed by atoms with van der Waals surface area (Å²) in [6, 6.07) is 12.5. The number of amides is 1. The molecule has 0 bridgehead atoms. The minimum Gasteiger partial charge on any atom is -0.508 e. The van der Waals surface area contributed by atoms with Crippen LogP contribution in [-0.4, -0.2) is 42.1 Å². The number of rotatable bonds is 6. The van der Waals surface area contributed by atoms with Crippen LogP contribution in [0.1, 0.15) is 29.2 Å². The number of phenols is 1. The number of carbonyl (C=O) groups is 2. The van der Waals surface area contributed by atoms with E-state index in [1.165, 1.54) is 23.6 Å². The highest BCUT2D eigenvalue weighted by molar-refractivity contribution is 6.30. The van der Waals surface area contributed by atoms with Crippen molar-refractivity contribution in [3.8, 4) is 5.75 Å². The lowest BCUT2D eigenvalue weighted by molar-refractivity contribution is -0.148. The van der Waals surface area contributed by atoms with Crippen molar-refractivity contribution in [3.63, 3.8) is 0 Å². The van der Waals surface area contributed by atoms with E-state index in [0.29, 0.717) is 17.2 Å². The van der Waals surface area contributed by atoms with Crippen LogP contribution in [0.25, 0.3) is 0 Å². The number of ether oxygens (including phenoxy) is 2. The first-order valence-corrected chi connectivity index (χ1v) is 9.37. The third kappa shape index (κ3) is 4.82. The Labute approximate surface area is 168 Å².